The normalized spacial score (nSPS) is 16.0. The molecule has 0 saturated carbocycles. The molecule has 3 N–H and O–H groups in total. The van der Waals surface area contributed by atoms with Crippen molar-refractivity contribution >= 4 is 23.0 Å². The number of halogens is 2. The van der Waals surface area contributed by atoms with E-state index >= 15 is 0 Å². The first kappa shape index (κ1) is 18.7. The van der Waals surface area contributed by atoms with Crippen molar-refractivity contribution in [3.05, 3.63) is 35.4 Å². The fourth-order valence-corrected chi connectivity index (χ4v) is 2.62. The van der Waals surface area contributed by atoms with Crippen molar-refractivity contribution in [2.24, 2.45) is 5.10 Å². The van der Waals surface area contributed by atoms with Crippen LogP contribution in [0.3, 0.4) is 0 Å². The number of benzene rings is 1. The molecule has 0 spiro atoms. The molecule has 1 fully saturated rings. The summed E-state index contributed by atoms with van der Waals surface area (Å²) >= 11 is 5.14. The van der Waals surface area contributed by atoms with Gasteiger partial charge in [0.05, 0.1) is 25.5 Å². The molecular formula is C16H23F2N4OS+. The van der Waals surface area contributed by atoms with Crippen molar-refractivity contribution in [1.82, 2.24) is 10.7 Å². The smallest absolute Gasteiger partial charge is 0.186 e. The predicted molar refractivity (Wildman–Crippen MR) is 93.3 cm³/mol. The van der Waals surface area contributed by atoms with E-state index in [4.69, 9.17) is 17.0 Å². The zero-order valence-corrected chi connectivity index (χ0v) is 14.5. The molecule has 1 heterocycles. The zero-order valence-electron chi connectivity index (χ0n) is 13.7. The SMILES string of the molecule is C/C(=N/NC(=S)NCCC[NH+]1CCOCC1)c1ccc(F)cc1F. The van der Waals surface area contributed by atoms with Crippen LogP contribution in [0.25, 0.3) is 0 Å². The van der Waals surface area contributed by atoms with Gasteiger partial charge in [0.25, 0.3) is 0 Å². The summed E-state index contributed by atoms with van der Waals surface area (Å²) in [6.07, 6.45) is 0.993. The average Bonchev–Trinajstić information content (AvgIpc) is 2.57. The number of hydrogen-bond acceptors (Lipinski definition) is 3. The first-order valence-corrected chi connectivity index (χ1v) is 8.42. The van der Waals surface area contributed by atoms with Crippen molar-refractivity contribution in [2.75, 3.05) is 39.4 Å². The second kappa shape index (κ2) is 9.61. The summed E-state index contributed by atoms with van der Waals surface area (Å²) in [6, 6.07) is 3.38. The van der Waals surface area contributed by atoms with Gasteiger partial charge in [-0.25, -0.2) is 8.78 Å². The second-order valence-electron chi connectivity index (χ2n) is 5.66. The summed E-state index contributed by atoms with van der Waals surface area (Å²) in [5.74, 6) is -1.26. The largest absolute Gasteiger partial charge is 0.370 e. The van der Waals surface area contributed by atoms with Gasteiger partial charge in [-0.2, -0.15) is 5.10 Å². The number of ether oxygens (including phenoxy) is 1. The Bertz CT molecular complexity index is 591. The predicted octanol–water partition coefficient (Wildman–Crippen LogP) is 0.458. The van der Waals surface area contributed by atoms with Gasteiger partial charge < -0.3 is 15.0 Å². The Hall–Kier alpha value is -1.64. The highest BCUT2D eigenvalue weighted by molar-refractivity contribution is 7.80. The number of nitrogens with zero attached hydrogens (tertiary/aromatic N) is 1. The molecule has 0 atom stereocenters. The first-order valence-electron chi connectivity index (χ1n) is 8.01. The van der Waals surface area contributed by atoms with Crippen LogP contribution in [0.5, 0.6) is 0 Å². The lowest BCUT2D eigenvalue weighted by atomic mass is 10.1. The van der Waals surface area contributed by atoms with Crippen LogP contribution in [0.2, 0.25) is 0 Å². The number of nitrogens with one attached hydrogen (secondary N) is 3. The molecule has 0 unspecified atom stereocenters. The van der Waals surface area contributed by atoms with Crippen LogP contribution >= 0.6 is 12.2 Å². The maximum Gasteiger partial charge on any atom is 0.186 e. The highest BCUT2D eigenvalue weighted by Crippen LogP contribution is 2.10. The fourth-order valence-electron chi connectivity index (χ4n) is 2.47. The van der Waals surface area contributed by atoms with Gasteiger partial charge in [-0.1, -0.05) is 0 Å². The van der Waals surface area contributed by atoms with Crippen LogP contribution in [0, 0.1) is 11.6 Å². The molecule has 1 aromatic carbocycles. The summed E-state index contributed by atoms with van der Waals surface area (Å²) in [6.45, 7) is 7.21. The van der Waals surface area contributed by atoms with E-state index < -0.39 is 11.6 Å². The van der Waals surface area contributed by atoms with Crippen molar-refractivity contribution in [2.45, 2.75) is 13.3 Å². The summed E-state index contributed by atoms with van der Waals surface area (Å²) in [4.78, 5) is 1.54. The van der Waals surface area contributed by atoms with Crippen LogP contribution in [0.1, 0.15) is 18.9 Å². The Morgan fingerprint density at radius 1 is 1.33 bits per heavy atom. The van der Waals surface area contributed by atoms with Crippen LogP contribution < -0.4 is 15.6 Å². The van der Waals surface area contributed by atoms with Gasteiger partial charge in [0.1, 0.15) is 24.7 Å². The molecule has 0 radical (unpaired) electrons. The summed E-state index contributed by atoms with van der Waals surface area (Å²) < 4.78 is 31.9. The molecule has 0 aromatic heterocycles. The molecule has 1 aliphatic rings. The summed E-state index contributed by atoms with van der Waals surface area (Å²) in [5, 5.41) is 7.48. The van der Waals surface area contributed by atoms with Crippen LogP contribution in [-0.2, 0) is 4.74 Å². The Labute approximate surface area is 146 Å². The first-order chi connectivity index (χ1) is 11.6. The third kappa shape index (κ3) is 6.10. The van der Waals surface area contributed by atoms with Gasteiger partial charge in [0.15, 0.2) is 5.11 Å². The number of thiocarbonyl (C=S) groups is 1. The number of hydrogen-bond donors (Lipinski definition) is 3. The van der Waals surface area contributed by atoms with Crippen molar-refractivity contribution in [1.29, 1.82) is 0 Å². The van der Waals surface area contributed by atoms with E-state index in [0.717, 1.165) is 51.9 Å². The zero-order chi connectivity index (χ0) is 17.4. The van der Waals surface area contributed by atoms with Crippen LogP contribution in [0.15, 0.2) is 23.3 Å². The lowest BCUT2D eigenvalue weighted by Gasteiger charge is -2.23. The third-order valence-corrected chi connectivity index (χ3v) is 4.07. The standard InChI is InChI=1S/C16H22F2N4OS/c1-12(14-4-3-13(17)11-15(14)18)20-21-16(24)19-5-2-6-22-7-9-23-10-8-22/h3-4,11H,2,5-10H2,1H3,(H2,19,21,24)/p+1/b20-12-. The maximum absolute atomic E-state index is 13.6. The van der Waals surface area contributed by atoms with Crippen molar-refractivity contribution < 1.29 is 18.4 Å². The van der Waals surface area contributed by atoms with Crippen LogP contribution in [-0.4, -0.2) is 50.2 Å². The van der Waals surface area contributed by atoms with Crippen LogP contribution in [0.4, 0.5) is 8.78 Å². The molecule has 0 amide bonds. The van der Waals surface area contributed by atoms with Gasteiger partial charge in [-0.05, 0) is 31.3 Å². The van der Waals surface area contributed by atoms with Gasteiger partial charge >= 0.3 is 0 Å². The van der Waals surface area contributed by atoms with E-state index in [1.54, 1.807) is 11.8 Å². The van der Waals surface area contributed by atoms with E-state index in [0.29, 0.717) is 10.8 Å². The van der Waals surface area contributed by atoms with Crippen molar-refractivity contribution in [3.63, 3.8) is 0 Å². The lowest BCUT2D eigenvalue weighted by molar-refractivity contribution is -0.908. The topological polar surface area (TPSA) is 50.1 Å². The number of hydrazone groups is 1. The molecule has 0 aliphatic carbocycles. The maximum atomic E-state index is 13.6. The van der Waals surface area contributed by atoms with E-state index in [1.165, 1.54) is 12.1 Å². The minimum atomic E-state index is -0.648. The molecule has 2 rings (SSSR count). The summed E-state index contributed by atoms with van der Waals surface area (Å²) in [5.41, 5.74) is 3.32. The third-order valence-electron chi connectivity index (χ3n) is 3.84. The van der Waals surface area contributed by atoms with Gasteiger partial charge in [-0.15, -0.1) is 0 Å². The monoisotopic (exact) mass is 357 g/mol. The minimum Gasteiger partial charge on any atom is -0.370 e. The minimum absolute atomic E-state index is 0.239. The van der Waals surface area contributed by atoms with E-state index in [-0.39, 0.29) is 5.56 Å². The number of rotatable bonds is 6. The van der Waals surface area contributed by atoms with Gasteiger partial charge in [0, 0.05) is 24.6 Å². The molecule has 5 nitrogen and oxygen atoms in total. The highest BCUT2D eigenvalue weighted by atomic mass is 32.1. The summed E-state index contributed by atoms with van der Waals surface area (Å²) in [7, 11) is 0. The molecule has 0 bridgehead atoms. The van der Waals surface area contributed by atoms with E-state index in [2.05, 4.69) is 15.8 Å². The Balaban J connectivity index is 1.69. The Morgan fingerprint density at radius 2 is 2.08 bits per heavy atom. The molecule has 8 heteroatoms. The molecule has 132 valence electrons. The molecule has 1 saturated heterocycles. The van der Waals surface area contributed by atoms with Gasteiger partial charge in [-0.3, -0.25) is 5.43 Å². The highest BCUT2D eigenvalue weighted by Gasteiger charge is 2.12. The number of quaternary nitrogens is 1. The van der Waals surface area contributed by atoms with Crippen molar-refractivity contribution in [3.8, 4) is 0 Å². The fraction of sp³-hybridized carbons (Fsp3) is 0.500. The van der Waals surface area contributed by atoms with E-state index in [9.17, 15) is 8.78 Å². The molecule has 1 aromatic rings. The second-order valence-corrected chi connectivity index (χ2v) is 6.06. The Kier molecular flexibility index (Phi) is 7.48. The lowest BCUT2D eigenvalue weighted by Crippen LogP contribution is -3.14. The molecular weight excluding hydrogens is 334 g/mol. The molecule has 24 heavy (non-hydrogen) atoms. The quantitative estimate of drug-likeness (QED) is 0.300. The molecule has 1 aliphatic heterocycles. The van der Waals surface area contributed by atoms with Gasteiger partial charge in [0.2, 0.25) is 0 Å². The van der Waals surface area contributed by atoms with E-state index in [1.807, 2.05) is 0 Å². The number of morpholine rings is 1. The average molecular weight is 357 g/mol. The Morgan fingerprint density at radius 3 is 2.79 bits per heavy atom.